The van der Waals surface area contributed by atoms with Gasteiger partial charge in [0.25, 0.3) is 5.56 Å². The first-order valence-corrected chi connectivity index (χ1v) is 7.71. The molecule has 1 aliphatic rings. The summed E-state index contributed by atoms with van der Waals surface area (Å²) in [6.45, 7) is -0.625. The molecule has 126 valence electrons. The molecule has 3 rings (SSSR count). The molecule has 3 heterocycles. The fourth-order valence-corrected chi connectivity index (χ4v) is 2.97. The zero-order valence-electron chi connectivity index (χ0n) is 11.4. The van der Waals surface area contributed by atoms with Crippen LogP contribution in [0, 0.1) is 0 Å². The Morgan fingerprint density at radius 2 is 2.35 bits per heavy atom. The van der Waals surface area contributed by atoms with E-state index in [1.807, 2.05) is 0 Å². The van der Waals surface area contributed by atoms with Gasteiger partial charge < -0.3 is 25.0 Å². The highest BCUT2D eigenvalue weighted by molar-refractivity contribution is 7.32. The normalized spacial score (nSPS) is 29.2. The number of hydrogen-bond acceptors (Lipinski definition) is 8. The maximum atomic E-state index is 14.6. The lowest BCUT2D eigenvalue weighted by Gasteiger charge is -2.16. The highest BCUT2D eigenvalue weighted by atomic mass is 31.1. The Balaban J connectivity index is 2.02. The summed E-state index contributed by atoms with van der Waals surface area (Å²) in [5.41, 5.74) is 4.76. The largest absolute Gasteiger partial charge is 0.394 e. The lowest BCUT2D eigenvalue weighted by Crippen LogP contribution is -2.32. The van der Waals surface area contributed by atoms with Gasteiger partial charge in [-0.3, -0.25) is 18.9 Å². The first-order chi connectivity index (χ1) is 10.9. The monoisotopic (exact) mass is 349 g/mol. The summed E-state index contributed by atoms with van der Waals surface area (Å²) in [7, 11) is -3.44. The number of nitrogens with zero attached hydrogens (tertiary/aromatic N) is 3. The summed E-state index contributed by atoms with van der Waals surface area (Å²) in [6, 6.07) is 0. The number of alkyl halides is 1. The number of aliphatic hydroxyl groups excluding tert-OH is 1. The van der Waals surface area contributed by atoms with Crippen LogP contribution in [0.3, 0.4) is 0 Å². The maximum Gasteiger partial charge on any atom is 0.317 e. The Morgan fingerprint density at radius 1 is 1.61 bits per heavy atom. The van der Waals surface area contributed by atoms with Crippen LogP contribution in [0.2, 0.25) is 0 Å². The number of hydrogen-bond donors (Lipinski definition) is 4. The molecule has 0 saturated carbocycles. The lowest BCUT2D eigenvalue weighted by atomic mass is 10.1. The summed E-state index contributed by atoms with van der Waals surface area (Å²) in [4.78, 5) is 30.5. The van der Waals surface area contributed by atoms with Crippen molar-refractivity contribution in [2.45, 2.75) is 24.6 Å². The van der Waals surface area contributed by atoms with E-state index in [0.717, 1.165) is 10.9 Å². The van der Waals surface area contributed by atoms with E-state index < -0.39 is 45.0 Å². The van der Waals surface area contributed by atoms with Crippen LogP contribution in [0.25, 0.3) is 11.2 Å². The number of anilines is 1. The zero-order chi connectivity index (χ0) is 16.7. The second kappa shape index (κ2) is 5.98. The molecule has 1 saturated heterocycles. The minimum Gasteiger partial charge on any atom is -0.394 e. The minimum absolute atomic E-state index is 0.0205. The van der Waals surface area contributed by atoms with E-state index >= 15 is 0 Å². The minimum atomic E-state index is -3.44. The standard InChI is InChI=1S/C10H13FN5O6P/c11-4-6(22-23(19)20)3(1-17)21-9(4)16-2-13-5-7(16)14-10(12)15-8(5)18/h2-4,6,9,17,23H,1H2,(H,19,20)(H3,12,14,15,18)/t3-,4+,6?,9-/m1/s1. The molecule has 23 heavy (non-hydrogen) atoms. The van der Waals surface area contributed by atoms with Crippen LogP contribution >= 0.6 is 8.25 Å². The first kappa shape index (κ1) is 16.0. The van der Waals surface area contributed by atoms with Gasteiger partial charge in [-0.05, 0) is 0 Å². The molecule has 0 radical (unpaired) electrons. The predicted octanol–water partition coefficient (Wildman–Crippen LogP) is -1.30. The first-order valence-electron chi connectivity index (χ1n) is 6.44. The van der Waals surface area contributed by atoms with Gasteiger partial charge in [0, 0.05) is 0 Å². The van der Waals surface area contributed by atoms with Gasteiger partial charge in [-0.2, -0.15) is 4.98 Å². The van der Waals surface area contributed by atoms with Crippen molar-refractivity contribution in [2.24, 2.45) is 0 Å². The number of nitrogens with two attached hydrogens (primary N) is 1. The molecule has 1 fully saturated rings. The van der Waals surface area contributed by atoms with E-state index in [1.165, 1.54) is 0 Å². The van der Waals surface area contributed by atoms with Crippen LogP contribution < -0.4 is 11.3 Å². The van der Waals surface area contributed by atoms with Crippen LogP contribution in [0.1, 0.15) is 6.23 Å². The van der Waals surface area contributed by atoms with E-state index in [2.05, 4.69) is 19.5 Å². The second-order valence-electron chi connectivity index (χ2n) is 4.82. The maximum absolute atomic E-state index is 14.6. The van der Waals surface area contributed by atoms with E-state index in [1.54, 1.807) is 0 Å². The molecule has 13 heteroatoms. The lowest BCUT2D eigenvalue weighted by molar-refractivity contribution is -0.0436. The molecule has 2 aromatic heterocycles. The SMILES string of the molecule is Nc1nc2c(ncn2[C@@H]2O[C@H](CO)C(O[PH](=O)O)[C@@H]2F)c(=O)[nH]1. The van der Waals surface area contributed by atoms with Crippen molar-refractivity contribution in [1.29, 1.82) is 0 Å². The smallest absolute Gasteiger partial charge is 0.317 e. The van der Waals surface area contributed by atoms with Crippen molar-refractivity contribution >= 4 is 25.4 Å². The molecule has 0 aliphatic carbocycles. The summed E-state index contributed by atoms with van der Waals surface area (Å²) >= 11 is 0. The quantitative estimate of drug-likeness (QED) is 0.490. The van der Waals surface area contributed by atoms with E-state index in [0.29, 0.717) is 0 Å². The van der Waals surface area contributed by atoms with Crippen molar-refractivity contribution in [3.05, 3.63) is 16.7 Å². The van der Waals surface area contributed by atoms with Crippen LogP contribution in [0.15, 0.2) is 11.1 Å². The summed E-state index contributed by atoms with van der Waals surface area (Å²) < 4.78 is 36.4. The number of rotatable bonds is 4. The molecule has 1 aliphatic heterocycles. The molecule has 0 bridgehead atoms. The number of nitrogen functional groups attached to an aromatic ring is 1. The molecule has 5 atom stereocenters. The molecule has 2 unspecified atom stereocenters. The number of halogens is 1. The highest BCUT2D eigenvalue weighted by Gasteiger charge is 2.48. The predicted molar refractivity (Wildman–Crippen MR) is 74.5 cm³/mol. The molecule has 0 spiro atoms. The molecular weight excluding hydrogens is 336 g/mol. The third-order valence-corrected chi connectivity index (χ3v) is 3.88. The van der Waals surface area contributed by atoms with E-state index in [9.17, 15) is 18.9 Å². The van der Waals surface area contributed by atoms with Gasteiger partial charge in [0.15, 0.2) is 23.6 Å². The third-order valence-electron chi connectivity index (χ3n) is 3.41. The average molecular weight is 349 g/mol. The Hall–Kier alpha value is -1.85. The van der Waals surface area contributed by atoms with E-state index in [-0.39, 0.29) is 17.1 Å². The number of aliphatic hydroxyl groups is 1. The van der Waals surface area contributed by atoms with Crippen molar-refractivity contribution in [3.8, 4) is 0 Å². The number of aromatic amines is 1. The Morgan fingerprint density at radius 3 is 3.00 bits per heavy atom. The number of H-pyrrole nitrogens is 1. The van der Waals surface area contributed by atoms with Crippen LogP contribution in [0.4, 0.5) is 10.3 Å². The number of imidazole rings is 1. The van der Waals surface area contributed by atoms with Gasteiger partial charge in [-0.1, -0.05) is 0 Å². The molecular formula is C10H13FN5O6P. The summed E-state index contributed by atoms with van der Waals surface area (Å²) in [5.74, 6) is -0.190. The number of aromatic nitrogens is 4. The zero-order valence-corrected chi connectivity index (χ0v) is 12.4. The fourth-order valence-electron chi connectivity index (χ4n) is 2.45. The van der Waals surface area contributed by atoms with Crippen LogP contribution in [-0.4, -0.2) is 54.5 Å². The molecule has 5 N–H and O–H groups in total. The molecule has 2 aromatic rings. The molecule has 0 amide bonds. The summed E-state index contributed by atoms with van der Waals surface area (Å²) in [5, 5.41) is 9.22. The van der Waals surface area contributed by atoms with Crippen molar-refractivity contribution < 1.29 is 28.2 Å². The van der Waals surface area contributed by atoms with E-state index in [4.69, 9.17) is 15.4 Å². The third kappa shape index (κ3) is 2.75. The van der Waals surface area contributed by atoms with Gasteiger partial charge in [-0.15, -0.1) is 0 Å². The topological polar surface area (TPSA) is 166 Å². The second-order valence-corrected chi connectivity index (χ2v) is 5.58. The van der Waals surface area contributed by atoms with Crippen molar-refractivity contribution in [2.75, 3.05) is 12.3 Å². The summed E-state index contributed by atoms with van der Waals surface area (Å²) in [6.07, 6.45) is -4.72. The van der Waals surface area contributed by atoms with Crippen LogP contribution in [0.5, 0.6) is 0 Å². The number of fused-ring (bicyclic) bond motifs is 1. The van der Waals surface area contributed by atoms with Gasteiger partial charge in [0.2, 0.25) is 5.95 Å². The highest BCUT2D eigenvalue weighted by Crippen LogP contribution is 2.38. The molecule has 0 aromatic carbocycles. The van der Waals surface area contributed by atoms with Gasteiger partial charge in [0.05, 0.1) is 12.9 Å². The van der Waals surface area contributed by atoms with Gasteiger partial charge in [-0.25, -0.2) is 9.37 Å². The van der Waals surface area contributed by atoms with Crippen molar-refractivity contribution in [3.63, 3.8) is 0 Å². The number of ether oxygens (including phenoxy) is 1. The Kier molecular flexibility index (Phi) is 4.17. The van der Waals surface area contributed by atoms with Gasteiger partial charge in [0.1, 0.15) is 12.2 Å². The van der Waals surface area contributed by atoms with Crippen molar-refractivity contribution in [1.82, 2.24) is 19.5 Å². The molecule has 11 nitrogen and oxygen atoms in total. The Labute approximate surface area is 127 Å². The van der Waals surface area contributed by atoms with Crippen LogP contribution in [-0.2, 0) is 13.8 Å². The fraction of sp³-hybridized carbons (Fsp3) is 0.500. The average Bonchev–Trinajstić information content (AvgIpc) is 3.01. The number of nitrogens with one attached hydrogen (secondary N) is 1. The van der Waals surface area contributed by atoms with Gasteiger partial charge >= 0.3 is 8.25 Å². The Bertz CT molecular complexity index is 811.